The van der Waals surface area contributed by atoms with Crippen LogP contribution in [0.5, 0.6) is 0 Å². The van der Waals surface area contributed by atoms with E-state index in [2.05, 4.69) is 6.07 Å². The molecule has 1 fully saturated rings. The van der Waals surface area contributed by atoms with Crippen LogP contribution in [-0.2, 0) is 4.79 Å². The van der Waals surface area contributed by atoms with Gasteiger partial charge in [0.15, 0.2) is 0 Å². The number of carbonyl (C=O) groups excluding carboxylic acids is 1. The summed E-state index contributed by atoms with van der Waals surface area (Å²) in [6, 6.07) is 7.19. The van der Waals surface area contributed by atoms with Crippen molar-refractivity contribution in [2.75, 3.05) is 0 Å². The molecule has 2 rings (SSSR count). The lowest BCUT2D eigenvalue weighted by Gasteiger charge is -2.18. The monoisotopic (exact) mass is 312 g/mol. The number of rotatable bonds is 2. The number of hydrogen-bond donors (Lipinski definition) is 1. The van der Waals surface area contributed by atoms with Gasteiger partial charge in [-0.05, 0) is 24.6 Å². The van der Waals surface area contributed by atoms with Crippen LogP contribution in [0.1, 0.15) is 18.4 Å². The zero-order chi connectivity index (χ0) is 14.2. The number of nitrogens with one attached hydrogen (secondary N) is 1. The summed E-state index contributed by atoms with van der Waals surface area (Å²) >= 11 is 13.0. The van der Waals surface area contributed by atoms with Gasteiger partial charge in [-0.1, -0.05) is 41.0 Å². The average molecular weight is 313 g/mol. The minimum Gasteiger partial charge on any atom is -0.299 e. The van der Waals surface area contributed by atoms with Gasteiger partial charge < -0.3 is 0 Å². The topological polar surface area (TPSA) is 64.7 Å². The van der Waals surface area contributed by atoms with Crippen molar-refractivity contribution in [2.24, 2.45) is 5.92 Å². The Kier molecular flexibility index (Phi) is 4.19. The Bertz CT molecular complexity index is 597. The number of nitrogens with zero attached hydrogens (tertiary/aromatic N) is 1. The van der Waals surface area contributed by atoms with Crippen LogP contribution >= 0.6 is 35.0 Å². The van der Waals surface area contributed by atoms with E-state index < -0.39 is 11.2 Å². The fraction of sp³-hybridized carbons (Fsp3) is 0.308. The van der Waals surface area contributed by atoms with E-state index in [1.807, 2.05) is 0 Å². The molecule has 0 spiro atoms. The van der Waals surface area contributed by atoms with Gasteiger partial charge in [-0.15, -0.1) is 0 Å². The standard InChI is InChI=1S/C13H10Cl2N2OS/c1-6(18)12-11(8(5-16)13(17)19-12)7-2-3-9(14)10(15)4-7/h2-4,8,11-12,17H,1H3/t8-,11+,12-/m1/s1. The maximum absolute atomic E-state index is 11.7. The Morgan fingerprint density at radius 2 is 2.11 bits per heavy atom. The quantitative estimate of drug-likeness (QED) is 0.900. The molecule has 0 radical (unpaired) electrons. The molecule has 0 amide bonds. The van der Waals surface area contributed by atoms with Crippen LogP contribution in [0.15, 0.2) is 18.2 Å². The summed E-state index contributed by atoms with van der Waals surface area (Å²) in [6.45, 7) is 1.48. The van der Waals surface area contributed by atoms with Crippen molar-refractivity contribution < 1.29 is 4.79 Å². The first-order valence-electron chi connectivity index (χ1n) is 5.55. The van der Waals surface area contributed by atoms with Crippen LogP contribution in [0, 0.1) is 22.7 Å². The zero-order valence-corrected chi connectivity index (χ0v) is 12.3. The molecule has 98 valence electrons. The number of ketones is 1. The van der Waals surface area contributed by atoms with Gasteiger partial charge in [-0.2, -0.15) is 5.26 Å². The number of thioether (sulfide) groups is 1. The van der Waals surface area contributed by atoms with Crippen LogP contribution in [0.25, 0.3) is 0 Å². The Hall–Kier alpha value is -1.02. The van der Waals surface area contributed by atoms with E-state index in [4.69, 9.17) is 28.6 Å². The van der Waals surface area contributed by atoms with Crippen molar-refractivity contribution in [3.63, 3.8) is 0 Å². The van der Waals surface area contributed by atoms with Crippen LogP contribution < -0.4 is 0 Å². The molecule has 0 aliphatic carbocycles. The molecule has 0 unspecified atom stereocenters. The predicted octanol–water partition coefficient (Wildman–Crippen LogP) is 3.90. The van der Waals surface area contributed by atoms with Gasteiger partial charge in [0, 0.05) is 5.92 Å². The molecule has 1 aromatic rings. The van der Waals surface area contributed by atoms with E-state index >= 15 is 0 Å². The summed E-state index contributed by atoms with van der Waals surface area (Å²) in [7, 11) is 0. The van der Waals surface area contributed by atoms with Crippen molar-refractivity contribution >= 4 is 45.8 Å². The molecule has 6 heteroatoms. The van der Waals surface area contributed by atoms with Crippen molar-refractivity contribution in [3.05, 3.63) is 33.8 Å². The molecule has 1 aromatic carbocycles. The minimum atomic E-state index is -0.601. The van der Waals surface area contributed by atoms with Crippen LogP contribution in [0.3, 0.4) is 0 Å². The van der Waals surface area contributed by atoms with E-state index in [0.717, 1.165) is 17.3 Å². The Morgan fingerprint density at radius 3 is 2.63 bits per heavy atom. The van der Waals surface area contributed by atoms with E-state index in [9.17, 15) is 10.1 Å². The average Bonchev–Trinajstić information content (AvgIpc) is 2.69. The van der Waals surface area contributed by atoms with Gasteiger partial charge >= 0.3 is 0 Å². The number of halogens is 2. The molecule has 1 saturated heterocycles. The fourth-order valence-corrected chi connectivity index (χ4v) is 3.74. The summed E-state index contributed by atoms with van der Waals surface area (Å²) in [6.07, 6.45) is 0. The largest absolute Gasteiger partial charge is 0.299 e. The first-order chi connectivity index (χ1) is 8.95. The predicted molar refractivity (Wildman–Crippen MR) is 78.1 cm³/mol. The highest BCUT2D eigenvalue weighted by Crippen LogP contribution is 2.46. The molecule has 0 aromatic heterocycles. The van der Waals surface area contributed by atoms with E-state index in [1.165, 1.54) is 6.92 Å². The van der Waals surface area contributed by atoms with Crippen molar-refractivity contribution in [2.45, 2.75) is 18.1 Å². The lowest BCUT2D eigenvalue weighted by atomic mass is 9.84. The summed E-state index contributed by atoms with van der Waals surface area (Å²) in [5, 5.41) is 17.7. The third kappa shape index (κ3) is 2.64. The molecule has 1 aliphatic heterocycles. The van der Waals surface area contributed by atoms with Crippen molar-refractivity contribution in [1.82, 2.24) is 0 Å². The number of nitriles is 1. The Balaban J connectivity index is 2.48. The van der Waals surface area contributed by atoms with Crippen molar-refractivity contribution in [3.8, 4) is 6.07 Å². The molecular formula is C13H10Cl2N2OS. The number of carbonyl (C=O) groups is 1. The van der Waals surface area contributed by atoms with Gasteiger partial charge in [0.25, 0.3) is 0 Å². The molecule has 3 atom stereocenters. The third-order valence-corrected chi connectivity index (χ3v) is 5.22. The van der Waals surface area contributed by atoms with Crippen LogP contribution in [-0.4, -0.2) is 16.1 Å². The van der Waals surface area contributed by atoms with Gasteiger partial charge in [-0.25, -0.2) is 0 Å². The highest BCUT2D eigenvalue weighted by molar-refractivity contribution is 8.15. The summed E-state index contributed by atoms with van der Waals surface area (Å²) in [5.41, 5.74) is 0.774. The molecule has 1 aliphatic rings. The Morgan fingerprint density at radius 1 is 1.42 bits per heavy atom. The van der Waals surface area contributed by atoms with Gasteiger partial charge in [0.1, 0.15) is 11.7 Å². The number of hydrogen-bond acceptors (Lipinski definition) is 4. The second-order valence-electron chi connectivity index (χ2n) is 4.32. The Labute approximate surface area is 125 Å². The highest BCUT2D eigenvalue weighted by Gasteiger charge is 2.44. The normalized spacial score (nSPS) is 26.2. The molecule has 1 N–H and O–H groups in total. The smallest absolute Gasteiger partial charge is 0.143 e. The van der Waals surface area contributed by atoms with E-state index in [1.54, 1.807) is 18.2 Å². The maximum atomic E-state index is 11.7. The molecular weight excluding hydrogens is 303 g/mol. The summed E-state index contributed by atoms with van der Waals surface area (Å²) in [5.74, 6) is -0.977. The molecule has 1 heterocycles. The first-order valence-corrected chi connectivity index (χ1v) is 7.19. The molecule has 0 saturated carbocycles. The number of Topliss-reactive ketones (excluding diaryl/α,β-unsaturated/α-hetero) is 1. The second-order valence-corrected chi connectivity index (χ2v) is 6.32. The van der Waals surface area contributed by atoms with Gasteiger partial charge in [0.05, 0.1) is 26.4 Å². The maximum Gasteiger partial charge on any atom is 0.143 e. The molecule has 3 nitrogen and oxygen atoms in total. The highest BCUT2D eigenvalue weighted by atomic mass is 35.5. The second kappa shape index (κ2) is 5.54. The SMILES string of the molecule is CC(=O)[C@H]1SC(=N)[C@H](C#N)[C@@H]1c1ccc(Cl)c(Cl)c1. The first kappa shape index (κ1) is 14.4. The summed E-state index contributed by atoms with van der Waals surface area (Å²) in [4.78, 5) is 11.7. The minimum absolute atomic E-state index is 0.0384. The molecule has 19 heavy (non-hydrogen) atoms. The van der Waals surface area contributed by atoms with Crippen LogP contribution in [0.2, 0.25) is 10.0 Å². The zero-order valence-electron chi connectivity index (χ0n) is 9.98. The van der Waals surface area contributed by atoms with Crippen LogP contribution in [0.4, 0.5) is 0 Å². The third-order valence-electron chi connectivity index (χ3n) is 3.09. The van der Waals surface area contributed by atoms with Gasteiger partial charge in [-0.3, -0.25) is 10.2 Å². The lowest BCUT2D eigenvalue weighted by Crippen LogP contribution is -2.22. The number of benzene rings is 1. The fourth-order valence-electron chi connectivity index (χ4n) is 2.18. The van der Waals surface area contributed by atoms with E-state index in [0.29, 0.717) is 10.0 Å². The lowest BCUT2D eigenvalue weighted by molar-refractivity contribution is -0.116. The summed E-state index contributed by atoms with van der Waals surface area (Å²) < 4.78 is 0. The van der Waals surface area contributed by atoms with Crippen molar-refractivity contribution in [1.29, 1.82) is 10.7 Å². The van der Waals surface area contributed by atoms with Gasteiger partial charge in [0.2, 0.25) is 0 Å². The van der Waals surface area contributed by atoms with E-state index in [-0.39, 0.29) is 16.7 Å². The molecule has 0 bridgehead atoms.